The highest BCUT2D eigenvalue weighted by molar-refractivity contribution is 5.90. The van der Waals surface area contributed by atoms with Crippen molar-refractivity contribution in [1.29, 1.82) is 0 Å². The predicted molar refractivity (Wildman–Crippen MR) is 410 cm³/mol. The normalized spacial score (nSPS) is 15.7. The maximum absolute atomic E-state index is 13.4. The Hall–Kier alpha value is -5.19. The highest BCUT2D eigenvalue weighted by atomic mass is 16.6. The van der Waals surface area contributed by atoms with E-state index in [-0.39, 0.29) is 132 Å². The smallest absolute Gasteiger partial charge is 0.338 e. The SMILES string of the molecule is COC(=O)c1cc(OCc2cc(OCCOCCOCCOC(C)(C)C)c(OCCOCCOCCOC(C)(C)C)c(OCCOCCOCCOC(C)(C)C)c2)cc(OCc2cc(OCCOCCOCCOC(C)(C)C)c3c(c2)OCCOCCOCCOC(C)(C)CC(C)(C)OCCOCCOCCO3)c1. The van der Waals surface area contributed by atoms with Gasteiger partial charge >= 0.3 is 5.97 Å². The van der Waals surface area contributed by atoms with Crippen LogP contribution in [0.4, 0.5) is 0 Å². The van der Waals surface area contributed by atoms with Crippen molar-refractivity contribution in [3.8, 4) is 46.0 Å². The van der Waals surface area contributed by atoms with Crippen LogP contribution in [0, 0.1) is 0 Å². The van der Waals surface area contributed by atoms with Gasteiger partial charge in [-0.05, 0) is 158 Å². The molecule has 3 aromatic rings. The number of hydrogen-bond donors (Lipinski definition) is 0. The van der Waals surface area contributed by atoms with Crippen LogP contribution in [0.2, 0.25) is 0 Å². The molecule has 1 heterocycles. The van der Waals surface area contributed by atoms with Crippen LogP contribution in [0.1, 0.15) is 139 Å². The average Bonchev–Trinajstić information content (AvgIpc) is 0.826. The van der Waals surface area contributed by atoms with Crippen molar-refractivity contribution >= 4 is 5.97 Å². The topological polar surface area (TPSA) is 266 Å². The average molecular weight is 1560 g/mol. The zero-order valence-corrected chi connectivity index (χ0v) is 69.0. The lowest BCUT2D eigenvalue weighted by Gasteiger charge is -2.35. The summed E-state index contributed by atoms with van der Waals surface area (Å²) in [5, 5.41) is 0. The maximum Gasteiger partial charge on any atom is 0.338 e. The molecule has 4 rings (SSSR count). The molecule has 0 atom stereocenters. The van der Waals surface area contributed by atoms with Gasteiger partial charge in [-0.1, -0.05) is 0 Å². The van der Waals surface area contributed by atoms with Crippen molar-refractivity contribution in [3.05, 3.63) is 59.2 Å². The number of fused-ring (bicyclic) bond motifs is 1. The number of esters is 1. The molecule has 1 aliphatic rings. The molecule has 628 valence electrons. The Kier molecular flexibility index (Phi) is 48.1. The van der Waals surface area contributed by atoms with E-state index in [1.807, 2.05) is 111 Å². The molecule has 0 fully saturated rings. The molecule has 0 saturated heterocycles. The van der Waals surface area contributed by atoms with Crippen molar-refractivity contribution in [1.82, 2.24) is 0 Å². The summed E-state index contributed by atoms with van der Waals surface area (Å²) in [5.74, 6) is 2.02. The first kappa shape index (κ1) is 96.2. The third-order valence-corrected chi connectivity index (χ3v) is 14.7. The molecule has 0 saturated carbocycles. The van der Waals surface area contributed by atoms with Gasteiger partial charge in [-0.3, -0.25) is 0 Å². The Bertz CT molecular complexity index is 2770. The first-order valence-electron chi connectivity index (χ1n) is 38.3. The molecule has 0 spiro atoms. The quantitative estimate of drug-likeness (QED) is 0.0375. The summed E-state index contributed by atoms with van der Waals surface area (Å²) in [6.07, 6.45) is 0.672. The molecule has 0 unspecified atom stereocenters. The van der Waals surface area contributed by atoms with Crippen molar-refractivity contribution in [3.63, 3.8) is 0 Å². The monoisotopic (exact) mass is 1560 g/mol. The number of hydrogen-bond acceptors (Lipinski definition) is 28. The van der Waals surface area contributed by atoms with Gasteiger partial charge < -0.3 is 128 Å². The maximum atomic E-state index is 13.4. The summed E-state index contributed by atoms with van der Waals surface area (Å²) >= 11 is 0. The fourth-order valence-electron chi connectivity index (χ4n) is 10.1. The van der Waals surface area contributed by atoms with Crippen LogP contribution in [-0.2, 0) is 103 Å². The van der Waals surface area contributed by atoms with E-state index in [1.54, 1.807) is 42.5 Å². The third-order valence-electron chi connectivity index (χ3n) is 14.7. The van der Waals surface area contributed by atoms with E-state index in [0.717, 1.165) is 0 Å². The summed E-state index contributed by atoms with van der Waals surface area (Å²) in [5.41, 5.74) is -0.509. The molecule has 3 aromatic carbocycles. The van der Waals surface area contributed by atoms with Gasteiger partial charge in [-0.15, -0.1) is 0 Å². The van der Waals surface area contributed by atoms with Crippen LogP contribution in [-0.4, -0.2) is 285 Å². The first-order valence-corrected chi connectivity index (χ1v) is 38.3. The van der Waals surface area contributed by atoms with E-state index in [4.69, 9.17) is 128 Å². The zero-order valence-electron chi connectivity index (χ0n) is 69.0. The predicted octanol–water partition coefficient (Wildman–Crippen LogP) is 11.4. The molecule has 0 N–H and O–H groups in total. The Balaban J connectivity index is 1.62. The van der Waals surface area contributed by atoms with Crippen molar-refractivity contribution in [2.45, 2.75) is 164 Å². The van der Waals surface area contributed by atoms with Gasteiger partial charge in [0.2, 0.25) is 11.5 Å². The number of ether oxygens (including phenoxy) is 27. The molecular weight excluding hydrogens is 1420 g/mol. The third kappa shape index (κ3) is 49.8. The summed E-state index contributed by atoms with van der Waals surface area (Å²) in [7, 11) is 1.30. The van der Waals surface area contributed by atoms with E-state index in [2.05, 4.69) is 0 Å². The van der Waals surface area contributed by atoms with Crippen LogP contribution < -0.4 is 37.9 Å². The fraction of sp³-hybridized carbons (Fsp3) is 0.765. The van der Waals surface area contributed by atoms with Crippen LogP contribution in [0.25, 0.3) is 0 Å². The molecular formula is C81H136O28. The minimum atomic E-state index is -0.620. The second-order valence-corrected chi connectivity index (χ2v) is 30.3. The number of methoxy groups -OCH3 is 1. The highest BCUT2D eigenvalue weighted by Gasteiger charge is 2.31. The number of carbonyl (C=O) groups is 1. The lowest BCUT2D eigenvalue weighted by Crippen LogP contribution is -2.38. The Morgan fingerprint density at radius 2 is 0.642 bits per heavy atom. The Labute approximate surface area is 650 Å². The first-order chi connectivity index (χ1) is 52.0. The van der Waals surface area contributed by atoms with Crippen LogP contribution in [0.5, 0.6) is 46.0 Å². The second kappa shape index (κ2) is 54.5. The van der Waals surface area contributed by atoms with Gasteiger partial charge in [0.15, 0.2) is 23.0 Å². The van der Waals surface area contributed by atoms with Crippen LogP contribution >= 0.6 is 0 Å². The standard InChI is InChI=1S/C81H136O28/c1-76(2,3)104-48-36-90-24-18-84-30-42-96-69-54-64(55-70(97-43-31-85-19-25-91-37-49-105-77(4,5)6)73(69)100-46-34-88-22-27-93-39-51-107-79(10,11)12)61-102-67-58-66(75(82)83-17)59-68(60-67)103-62-65-56-71(98-44-32-86-20-26-92-38-50-106-78(7,8)9)74-72(57-65)99-45-33-87-21-28-94-40-52-108-80(13,14)63-81(15,16)109-53-41-95-29-23-89-35-47-101-74/h54-60H,18-53,61-63H2,1-17H3. The number of rotatable bonds is 47. The molecule has 28 heteroatoms. The number of carbonyl (C=O) groups excluding carboxylic acids is 1. The van der Waals surface area contributed by atoms with Gasteiger partial charge in [0.05, 0.1) is 244 Å². The highest BCUT2D eigenvalue weighted by Crippen LogP contribution is 2.42. The van der Waals surface area contributed by atoms with E-state index in [9.17, 15) is 4.79 Å². The molecule has 1 aliphatic heterocycles. The van der Waals surface area contributed by atoms with Gasteiger partial charge in [-0.25, -0.2) is 4.79 Å². The van der Waals surface area contributed by atoms with Crippen molar-refractivity contribution in [2.75, 3.05) is 245 Å². The van der Waals surface area contributed by atoms with Crippen LogP contribution in [0.3, 0.4) is 0 Å². The van der Waals surface area contributed by atoms with Crippen molar-refractivity contribution in [2.24, 2.45) is 0 Å². The molecule has 0 bridgehead atoms. The number of benzene rings is 3. The van der Waals surface area contributed by atoms with E-state index in [0.29, 0.717) is 211 Å². The van der Waals surface area contributed by atoms with Gasteiger partial charge in [0.1, 0.15) is 64.4 Å². The summed E-state index contributed by atoms with van der Waals surface area (Å²) in [6.45, 7) is 43.8. The minimum Gasteiger partial charge on any atom is -0.489 e. The lowest BCUT2D eigenvalue weighted by atomic mass is 9.92. The molecule has 28 nitrogen and oxygen atoms in total. The molecule has 109 heavy (non-hydrogen) atoms. The molecule has 0 aliphatic carbocycles. The van der Waals surface area contributed by atoms with Crippen LogP contribution in [0.15, 0.2) is 42.5 Å². The zero-order chi connectivity index (χ0) is 79.5. The summed E-state index contributed by atoms with van der Waals surface area (Å²) in [6, 6.07) is 12.0. The molecule has 0 amide bonds. The summed E-state index contributed by atoms with van der Waals surface area (Å²) < 4.78 is 163. The molecule has 0 radical (unpaired) electrons. The van der Waals surface area contributed by atoms with Gasteiger partial charge in [0, 0.05) is 12.5 Å². The van der Waals surface area contributed by atoms with E-state index >= 15 is 0 Å². The Morgan fingerprint density at radius 3 is 1.01 bits per heavy atom. The minimum absolute atomic E-state index is 0.0364. The fourth-order valence-corrected chi connectivity index (χ4v) is 10.1. The lowest BCUT2D eigenvalue weighted by molar-refractivity contribution is -0.118. The summed E-state index contributed by atoms with van der Waals surface area (Å²) in [4.78, 5) is 13.4. The van der Waals surface area contributed by atoms with E-state index in [1.165, 1.54) is 7.11 Å². The van der Waals surface area contributed by atoms with Gasteiger partial charge in [0.25, 0.3) is 0 Å². The molecule has 0 aromatic heterocycles. The second-order valence-electron chi connectivity index (χ2n) is 30.3. The Morgan fingerprint density at radius 1 is 0.339 bits per heavy atom. The van der Waals surface area contributed by atoms with Gasteiger partial charge in [-0.2, -0.15) is 0 Å². The van der Waals surface area contributed by atoms with Crippen molar-refractivity contribution < 1.29 is 133 Å². The largest absolute Gasteiger partial charge is 0.489 e. The van der Waals surface area contributed by atoms with E-state index < -0.39 is 17.2 Å².